The molecule has 1 aromatic heterocycles. The van der Waals surface area contributed by atoms with Crippen LogP contribution in [0.15, 0.2) is 60.7 Å². The first kappa shape index (κ1) is 19.4. The Labute approximate surface area is 182 Å². The van der Waals surface area contributed by atoms with Crippen LogP contribution in [0, 0.1) is 0 Å². The monoisotopic (exact) mass is 418 g/mol. The molecule has 0 saturated heterocycles. The van der Waals surface area contributed by atoms with E-state index in [1.165, 1.54) is 0 Å². The normalized spacial score (nSPS) is 15.6. The van der Waals surface area contributed by atoms with Crippen LogP contribution in [0.2, 0.25) is 0 Å². The van der Waals surface area contributed by atoms with Gasteiger partial charge < -0.3 is 19.5 Å². The quantitative estimate of drug-likeness (QED) is 0.597. The molecule has 6 heteroatoms. The minimum absolute atomic E-state index is 0. The van der Waals surface area contributed by atoms with Crippen molar-refractivity contribution in [3.05, 3.63) is 66.2 Å². The number of amides is 1. The highest BCUT2D eigenvalue weighted by atomic mass is 16.7. The lowest BCUT2D eigenvalue weighted by molar-refractivity contribution is -0.118. The molecule has 0 radical (unpaired) electrons. The lowest BCUT2D eigenvalue weighted by atomic mass is 9.94. The summed E-state index contributed by atoms with van der Waals surface area (Å²) in [7, 11) is 0. The highest BCUT2D eigenvalue weighted by molar-refractivity contribution is 6.01. The average molecular weight is 418 g/mol. The van der Waals surface area contributed by atoms with Crippen LogP contribution in [0.25, 0.3) is 11.3 Å². The van der Waals surface area contributed by atoms with Crippen molar-refractivity contribution in [2.45, 2.75) is 38.2 Å². The van der Waals surface area contributed by atoms with Gasteiger partial charge in [-0.25, -0.2) is 4.98 Å². The highest BCUT2D eigenvalue weighted by Gasteiger charge is 2.51. The van der Waals surface area contributed by atoms with Crippen LogP contribution in [0.4, 0.5) is 5.82 Å². The van der Waals surface area contributed by atoms with E-state index in [4.69, 9.17) is 14.2 Å². The second kappa shape index (κ2) is 7.61. The van der Waals surface area contributed by atoms with Crippen LogP contribution in [-0.2, 0) is 10.2 Å². The summed E-state index contributed by atoms with van der Waals surface area (Å²) in [5.41, 5.74) is 2.17. The summed E-state index contributed by atoms with van der Waals surface area (Å²) < 4.78 is 16.6. The third kappa shape index (κ3) is 3.81. The second-order valence-electron chi connectivity index (χ2n) is 8.20. The fourth-order valence-corrected chi connectivity index (χ4v) is 3.84. The van der Waals surface area contributed by atoms with E-state index in [2.05, 4.69) is 10.3 Å². The number of nitrogens with one attached hydrogen (secondary N) is 1. The first-order chi connectivity index (χ1) is 15.0. The van der Waals surface area contributed by atoms with Gasteiger partial charge >= 0.3 is 0 Å². The Balaban J connectivity index is 0.00000245. The molecule has 1 aliphatic heterocycles. The SMILES string of the molecule is CC(C)Oc1ccc(-c2cccc(NC(=O)C3(c4ccc5c(c4)OCO5)CC3)n2)cc1.[HH]. The van der Waals surface area contributed by atoms with Crippen molar-refractivity contribution in [2.75, 3.05) is 12.1 Å². The standard InChI is InChI=1S/C25H24N2O4.H2/c1-16(2)31-19-9-6-17(7-10-19)20-4-3-5-23(26-20)27-24(28)25(12-13-25)18-8-11-21-22(14-18)30-15-29-21;/h3-11,14,16H,12-13,15H2,1-2H3,(H,26,27,28);1H. The first-order valence-electron chi connectivity index (χ1n) is 10.5. The molecule has 2 heterocycles. The Kier molecular flexibility index (Phi) is 4.77. The predicted molar refractivity (Wildman–Crippen MR) is 120 cm³/mol. The maximum absolute atomic E-state index is 13.2. The Morgan fingerprint density at radius 3 is 2.58 bits per heavy atom. The molecule has 2 aromatic carbocycles. The van der Waals surface area contributed by atoms with Crippen molar-refractivity contribution >= 4 is 11.7 Å². The highest BCUT2D eigenvalue weighted by Crippen LogP contribution is 2.51. The molecule has 0 atom stereocenters. The van der Waals surface area contributed by atoms with E-state index >= 15 is 0 Å². The molecule has 1 fully saturated rings. The Morgan fingerprint density at radius 2 is 1.84 bits per heavy atom. The van der Waals surface area contributed by atoms with Gasteiger partial charge in [-0.2, -0.15) is 0 Å². The van der Waals surface area contributed by atoms with Crippen LogP contribution in [0.5, 0.6) is 17.2 Å². The smallest absolute Gasteiger partial charge is 0.236 e. The Hall–Kier alpha value is -3.54. The Morgan fingerprint density at radius 1 is 1.06 bits per heavy atom. The average Bonchev–Trinajstić information content (AvgIpc) is 3.45. The number of hydrogen-bond acceptors (Lipinski definition) is 5. The number of hydrogen-bond donors (Lipinski definition) is 1. The fraction of sp³-hybridized carbons (Fsp3) is 0.280. The van der Waals surface area contributed by atoms with Crippen molar-refractivity contribution in [3.63, 3.8) is 0 Å². The predicted octanol–water partition coefficient (Wildman–Crippen LogP) is 5.18. The number of aromatic nitrogens is 1. The van der Waals surface area contributed by atoms with Crippen LogP contribution >= 0.6 is 0 Å². The minimum Gasteiger partial charge on any atom is -0.491 e. The zero-order valence-corrected chi connectivity index (χ0v) is 17.6. The molecule has 1 aliphatic carbocycles. The molecule has 5 rings (SSSR count). The van der Waals surface area contributed by atoms with E-state index < -0.39 is 5.41 Å². The Bertz CT molecular complexity index is 1130. The molecular weight excluding hydrogens is 392 g/mol. The third-order valence-corrected chi connectivity index (χ3v) is 5.62. The number of rotatable bonds is 6. The molecule has 6 nitrogen and oxygen atoms in total. The molecule has 0 bridgehead atoms. The van der Waals surface area contributed by atoms with Gasteiger partial charge in [-0.05, 0) is 80.8 Å². The molecule has 3 aromatic rings. The van der Waals surface area contributed by atoms with E-state index in [9.17, 15) is 4.79 Å². The number of pyridine rings is 1. The van der Waals surface area contributed by atoms with Gasteiger partial charge in [0.25, 0.3) is 0 Å². The molecule has 0 unspecified atom stereocenters. The minimum atomic E-state index is -0.533. The molecular formula is C25H26N2O4. The van der Waals surface area contributed by atoms with Crippen molar-refractivity contribution in [3.8, 4) is 28.5 Å². The first-order valence-corrected chi connectivity index (χ1v) is 10.5. The molecule has 2 aliphatic rings. The number of anilines is 1. The van der Waals surface area contributed by atoms with Crippen molar-refractivity contribution < 1.29 is 20.4 Å². The van der Waals surface area contributed by atoms with E-state index in [0.717, 1.165) is 41.2 Å². The van der Waals surface area contributed by atoms with Gasteiger partial charge in [0.2, 0.25) is 12.7 Å². The molecule has 1 amide bonds. The number of fused-ring (bicyclic) bond motifs is 1. The van der Waals surface area contributed by atoms with E-state index in [-0.39, 0.29) is 20.2 Å². The van der Waals surface area contributed by atoms with Crippen LogP contribution in [0.1, 0.15) is 33.7 Å². The number of carbonyl (C=O) groups is 1. The van der Waals surface area contributed by atoms with Crippen LogP contribution < -0.4 is 19.5 Å². The van der Waals surface area contributed by atoms with E-state index in [1.807, 2.05) is 74.5 Å². The molecule has 160 valence electrons. The summed E-state index contributed by atoms with van der Waals surface area (Å²) in [5, 5.41) is 3.01. The molecule has 31 heavy (non-hydrogen) atoms. The summed E-state index contributed by atoms with van der Waals surface area (Å²) in [4.78, 5) is 17.8. The molecule has 0 spiro atoms. The summed E-state index contributed by atoms with van der Waals surface area (Å²) in [5.74, 6) is 2.73. The van der Waals surface area contributed by atoms with Crippen molar-refractivity contribution in [2.24, 2.45) is 0 Å². The number of benzene rings is 2. The summed E-state index contributed by atoms with van der Waals surface area (Å²) >= 11 is 0. The van der Waals surface area contributed by atoms with Crippen LogP contribution in [-0.4, -0.2) is 23.8 Å². The van der Waals surface area contributed by atoms with Gasteiger partial charge in [0.1, 0.15) is 11.6 Å². The zero-order chi connectivity index (χ0) is 21.4. The van der Waals surface area contributed by atoms with Gasteiger partial charge in [0, 0.05) is 6.99 Å². The second-order valence-corrected chi connectivity index (χ2v) is 8.20. The van der Waals surface area contributed by atoms with Crippen LogP contribution in [0.3, 0.4) is 0 Å². The number of ether oxygens (including phenoxy) is 3. The zero-order valence-electron chi connectivity index (χ0n) is 17.6. The maximum atomic E-state index is 13.2. The van der Waals surface area contributed by atoms with Gasteiger partial charge in [-0.3, -0.25) is 4.79 Å². The van der Waals surface area contributed by atoms with Gasteiger partial charge in [0.05, 0.1) is 17.2 Å². The lowest BCUT2D eigenvalue weighted by Crippen LogP contribution is -2.28. The fourth-order valence-electron chi connectivity index (χ4n) is 3.84. The maximum Gasteiger partial charge on any atom is 0.236 e. The van der Waals surface area contributed by atoms with Crippen molar-refractivity contribution in [1.82, 2.24) is 4.98 Å². The summed E-state index contributed by atoms with van der Waals surface area (Å²) in [6.07, 6.45) is 1.73. The van der Waals surface area contributed by atoms with Gasteiger partial charge in [0.15, 0.2) is 11.5 Å². The number of nitrogens with zero attached hydrogens (tertiary/aromatic N) is 1. The third-order valence-electron chi connectivity index (χ3n) is 5.62. The van der Waals surface area contributed by atoms with Gasteiger partial charge in [-0.15, -0.1) is 0 Å². The van der Waals surface area contributed by atoms with Crippen molar-refractivity contribution in [1.29, 1.82) is 0 Å². The summed E-state index contributed by atoms with van der Waals surface area (Å²) in [6, 6.07) is 19.2. The molecule has 1 saturated carbocycles. The summed E-state index contributed by atoms with van der Waals surface area (Å²) in [6.45, 7) is 4.22. The van der Waals surface area contributed by atoms with E-state index in [1.54, 1.807) is 0 Å². The number of carbonyl (C=O) groups excluding carboxylic acids is 1. The van der Waals surface area contributed by atoms with E-state index in [0.29, 0.717) is 11.6 Å². The topological polar surface area (TPSA) is 69.7 Å². The van der Waals surface area contributed by atoms with Gasteiger partial charge in [-0.1, -0.05) is 12.1 Å². The largest absolute Gasteiger partial charge is 0.491 e. The molecule has 1 N–H and O–H groups in total. The lowest BCUT2D eigenvalue weighted by Gasteiger charge is -2.16.